The Hall–Kier alpha value is -3.36. The van der Waals surface area contributed by atoms with Crippen molar-refractivity contribution in [2.75, 3.05) is 29.0 Å². The van der Waals surface area contributed by atoms with Crippen molar-refractivity contribution in [3.8, 4) is 5.75 Å². The maximum Gasteiger partial charge on any atom is 0.326 e. The van der Waals surface area contributed by atoms with E-state index in [1.165, 1.54) is 6.92 Å². The molecule has 9 heteroatoms. The smallest absolute Gasteiger partial charge is 0.326 e. The highest BCUT2D eigenvalue weighted by Gasteiger charge is 2.08. The van der Waals surface area contributed by atoms with Crippen molar-refractivity contribution >= 4 is 29.4 Å². The van der Waals surface area contributed by atoms with Crippen LogP contribution in [-0.4, -0.2) is 41.1 Å². The first-order valence-electron chi connectivity index (χ1n) is 9.00. The molecule has 0 saturated carbocycles. The van der Waals surface area contributed by atoms with Crippen molar-refractivity contribution in [3.63, 3.8) is 0 Å². The zero-order valence-electron chi connectivity index (χ0n) is 16.5. The van der Waals surface area contributed by atoms with Crippen LogP contribution in [0.2, 0.25) is 0 Å². The number of ether oxygens (including phenoxy) is 1. The summed E-state index contributed by atoms with van der Waals surface area (Å²) < 4.78 is 5.57. The van der Waals surface area contributed by atoms with Crippen LogP contribution in [0.5, 0.6) is 5.75 Å². The van der Waals surface area contributed by atoms with Gasteiger partial charge >= 0.3 is 6.03 Å². The lowest BCUT2D eigenvalue weighted by atomic mass is 10.3. The quantitative estimate of drug-likeness (QED) is 0.507. The summed E-state index contributed by atoms with van der Waals surface area (Å²) in [5, 5.41) is 11.1. The Morgan fingerprint density at radius 2 is 1.82 bits per heavy atom. The van der Waals surface area contributed by atoms with Crippen molar-refractivity contribution in [2.24, 2.45) is 0 Å². The van der Waals surface area contributed by atoms with E-state index in [4.69, 9.17) is 4.74 Å². The fourth-order valence-electron chi connectivity index (χ4n) is 2.30. The number of urea groups is 1. The average Bonchev–Trinajstić information content (AvgIpc) is 2.59. The molecular weight excluding hydrogens is 360 g/mol. The highest BCUT2D eigenvalue weighted by Crippen LogP contribution is 2.17. The lowest BCUT2D eigenvalue weighted by Crippen LogP contribution is -2.26. The van der Waals surface area contributed by atoms with Crippen LogP contribution >= 0.6 is 0 Å². The zero-order valence-corrected chi connectivity index (χ0v) is 16.5. The van der Waals surface area contributed by atoms with Crippen molar-refractivity contribution in [3.05, 3.63) is 36.0 Å². The number of carbonyl (C=O) groups excluding carboxylic acids is 2. The topological polar surface area (TPSA) is 117 Å². The highest BCUT2D eigenvalue weighted by atomic mass is 16.5. The van der Waals surface area contributed by atoms with Crippen molar-refractivity contribution < 1.29 is 20.0 Å². The van der Waals surface area contributed by atoms with E-state index >= 15 is 0 Å². The molecule has 0 radical (unpaired) electrons. The molecule has 158 valence electrons. The minimum atomic E-state index is -0.452. The summed E-state index contributed by atoms with van der Waals surface area (Å²) in [6.07, 6.45) is 0.0848. The fourth-order valence-corrected chi connectivity index (χ4v) is 2.30. The van der Waals surface area contributed by atoms with Gasteiger partial charge in [-0.1, -0.05) is 0 Å². The van der Waals surface area contributed by atoms with E-state index in [-0.39, 0.29) is 23.7 Å². The van der Waals surface area contributed by atoms with E-state index in [1.54, 1.807) is 37.3 Å². The van der Waals surface area contributed by atoms with Crippen molar-refractivity contribution in [1.82, 2.24) is 15.3 Å². The number of hydrogen-bond acceptors (Lipinski definition) is 6. The van der Waals surface area contributed by atoms with Gasteiger partial charge in [0.1, 0.15) is 11.6 Å². The molecule has 0 atom stereocenters. The Balaban J connectivity index is -0.00000210. The number of benzene rings is 1. The highest BCUT2D eigenvalue weighted by molar-refractivity contribution is 5.98. The van der Waals surface area contributed by atoms with E-state index in [0.717, 1.165) is 5.75 Å². The van der Waals surface area contributed by atoms with Crippen molar-refractivity contribution in [2.45, 2.75) is 33.8 Å². The standard InChI is InChI=1S/C19H26N6O3.4H2/c1-12(2)28-16-7-5-15(6-8-16)23-19(27)25-18-22-13(3)11-17(24-18)21-10-9-20-14(4)26;;;;/h5-8,11-12H,9-10H2,1-4H3,(H,20,26)(H3,21,22,23,24,25,27);4*1H. The molecule has 1 aromatic heterocycles. The minimum absolute atomic E-state index is 0. The molecule has 1 aromatic carbocycles. The number of aromatic nitrogens is 2. The molecule has 9 nitrogen and oxygen atoms in total. The maximum atomic E-state index is 12.2. The van der Waals surface area contributed by atoms with Gasteiger partial charge in [0.15, 0.2) is 0 Å². The number of anilines is 3. The molecule has 0 bridgehead atoms. The Labute approximate surface area is 170 Å². The van der Waals surface area contributed by atoms with E-state index in [2.05, 4.69) is 31.2 Å². The van der Waals surface area contributed by atoms with Crippen molar-refractivity contribution in [1.29, 1.82) is 0 Å². The molecule has 2 rings (SSSR count). The molecule has 0 aliphatic carbocycles. The second kappa shape index (κ2) is 10.1. The van der Waals surface area contributed by atoms with Gasteiger partial charge in [0.2, 0.25) is 11.9 Å². The Bertz CT molecular complexity index is 825. The van der Waals surface area contributed by atoms with Crippen LogP contribution in [0.3, 0.4) is 0 Å². The number of nitrogens with zero attached hydrogens (tertiary/aromatic N) is 2. The van der Waals surface area contributed by atoms with Gasteiger partial charge in [-0.15, -0.1) is 0 Å². The molecule has 28 heavy (non-hydrogen) atoms. The van der Waals surface area contributed by atoms with Gasteiger partial charge in [-0.05, 0) is 45.0 Å². The molecule has 4 N–H and O–H groups in total. The van der Waals surface area contributed by atoms with E-state index in [9.17, 15) is 9.59 Å². The van der Waals surface area contributed by atoms with Crippen LogP contribution in [0.25, 0.3) is 0 Å². The summed E-state index contributed by atoms with van der Waals surface area (Å²) in [4.78, 5) is 31.5. The largest absolute Gasteiger partial charge is 0.491 e. The minimum Gasteiger partial charge on any atom is -0.491 e. The number of rotatable bonds is 8. The van der Waals surface area contributed by atoms with Crippen LogP contribution < -0.4 is 26.0 Å². The fraction of sp³-hybridized carbons (Fsp3) is 0.368. The van der Waals surface area contributed by atoms with Crippen LogP contribution in [0.15, 0.2) is 30.3 Å². The van der Waals surface area contributed by atoms with E-state index < -0.39 is 6.03 Å². The van der Waals surface area contributed by atoms with Crippen LogP contribution in [0.4, 0.5) is 22.2 Å². The third-order valence-electron chi connectivity index (χ3n) is 3.37. The zero-order chi connectivity index (χ0) is 20.5. The number of carbonyl (C=O) groups is 2. The number of hydrogen-bond donors (Lipinski definition) is 4. The van der Waals surface area contributed by atoms with Crippen LogP contribution in [-0.2, 0) is 4.79 Å². The van der Waals surface area contributed by atoms with Gasteiger partial charge in [-0.2, -0.15) is 4.98 Å². The first kappa shape index (κ1) is 20.9. The molecule has 2 aromatic rings. The Morgan fingerprint density at radius 3 is 2.46 bits per heavy atom. The monoisotopic (exact) mass is 394 g/mol. The third kappa shape index (κ3) is 7.48. The predicted octanol–water partition coefficient (Wildman–Crippen LogP) is 3.75. The van der Waals surface area contributed by atoms with Gasteiger partial charge in [0, 0.05) is 43.2 Å². The van der Waals surface area contributed by atoms with E-state index in [0.29, 0.717) is 30.3 Å². The molecule has 0 saturated heterocycles. The summed E-state index contributed by atoms with van der Waals surface area (Å²) >= 11 is 0. The molecule has 1 heterocycles. The molecule has 0 aliphatic heterocycles. The van der Waals surface area contributed by atoms with Gasteiger partial charge in [-0.25, -0.2) is 9.78 Å². The van der Waals surface area contributed by atoms with Crippen LogP contribution in [0, 0.1) is 6.92 Å². The van der Waals surface area contributed by atoms with Gasteiger partial charge in [-0.3, -0.25) is 10.1 Å². The molecule has 0 aliphatic rings. The molecule has 3 amide bonds. The Morgan fingerprint density at radius 1 is 1.11 bits per heavy atom. The first-order chi connectivity index (χ1) is 13.3. The third-order valence-corrected chi connectivity index (χ3v) is 3.37. The van der Waals surface area contributed by atoms with Gasteiger partial charge in [0.25, 0.3) is 0 Å². The molecule has 0 fully saturated rings. The number of amides is 3. The lowest BCUT2D eigenvalue weighted by Gasteiger charge is -2.12. The summed E-state index contributed by atoms with van der Waals surface area (Å²) in [6.45, 7) is 8.14. The van der Waals surface area contributed by atoms with E-state index in [1.807, 2.05) is 13.8 Å². The Kier molecular flexibility index (Phi) is 7.55. The average molecular weight is 395 g/mol. The summed E-state index contributed by atoms with van der Waals surface area (Å²) in [5.74, 6) is 1.38. The number of nitrogens with one attached hydrogen (secondary N) is 4. The number of aryl methyl sites for hydroxylation is 1. The molecular formula is C19H34N6O3. The summed E-state index contributed by atoms with van der Waals surface area (Å²) in [6, 6.07) is 8.38. The molecule has 0 unspecified atom stereocenters. The maximum absolute atomic E-state index is 12.2. The predicted molar refractivity (Wildman–Crippen MR) is 117 cm³/mol. The lowest BCUT2D eigenvalue weighted by molar-refractivity contribution is -0.118. The van der Waals surface area contributed by atoms with Crippen LogP contribution in [0.1, 0.15) is 32.2 Å². The van der Waals surface area contributed by atoms with Gasteiger partial charge in [0.05, 0.1) is 6.10 Å². The summed E-state index contributed by atoms with van der Waals surface area (Å²) in [5.41, 5.74) is 1.32. The second-order valence-corrected chi connectivity index (χ2v) is 6.40. The first-order valence-corrected chi connectivity index (χ1v) is 9.00. The summed E-state index contributed by atoms with van der Waals surface area (Å²) in [7, 11) is 0. The van der Waals surface area contributed by atoms with Gasteiger partial charge < -0.3 is 20.7 Å². The molecule has 0 spiro atoms. The second-order valence-electron chi connectivity index (χ2n) is 6.40. The SMILES string of the molecule is CC(=O)NCCNc1cc(C)nc(NC(=O)Nc2ccc(OC(C)C)cc2)n1.[HH].[HH].[HH].[HH]. The normalized spacial score (nSPS) is 10.3.